The fraction of sp³-hybridized carbons (Fsp3) is 1.00. The number of rotatable bonds is 5. The zero-order chi connectivity index (χ0) is 13.4. The summed E-state index contributed by atoms with van der Waals surface area (Å²) in [6.45, 7) is 15.6. The molecule has 1 aliphatic heterocycles. The predicted octanol–water partition coefficient (Wildman–Crippen LogP) is 3.89. The summed E-state index contributed by atoms with van der Waals surface area (Å²) in [5.74, 6) is 0.192. The molecule has 1 heterocycles. The van der Waals surface area contributed by atoms with Crippen molar-refractivity contribution in [1.29, 1.82) is 0 Å². The van der Waals surface area contributed by atoms with Crippen molar-refractivity contribution in [2.75, 3.05) is 19.6 Å². The molecule has 0 aromatic carbocycles. The largest absolute Gasteiger partial charge is 0.302 e. The van der Waals surface area contributed by atoms with Gasteiger partial charge in [-0.25, -0.2) is 8.78 Å². The normalized spacial score (nSPS) is 20.1. The maximum absolute atomic E-state index is 12.4. The van der Waals surface area contributed by atoms with Crippen molar-refractivity contribution in [2.45, 2.75) is 48.0 Å². The van der Waals surface area contributed by atoms with Crippen LogP contribution in [0.2, 0.25) is 0 Å². The summed E-state index contributed by atoms with van der Waals surface area (Å²) >= 11 is 0. The minimum Gasteiger partial charge on any atom is -0.302 e. The van der Waals surface area contributed by atoms with Gasteiger partial charge in [0.2, 0.25) is 6.43 Å². The Morgan fingerprint density at radius 3 is 1.94 bits per heavy atom. The van der Waals surface area contributed by atoms with Crippen LogP contribution in [-0.4, -0.2) is 31.0 Å². The average molecular weight is 247 g/mol. The zero-order valence-corrected chi connectivity index (χ0v) is 12.1. The molecular weight excluding hydrogens is 220 g/mol. The third-order valence-electron chi connectivity index (χ3n) is 5.15. The lowest BCUT2D eigenvalue weighted by Crippen LogP contribution is -2.55. The monoisotopic (exact) mass is 247 g/mol. The molecular formula is C14H27F2N. The van der Waals surface area contributed by atoms with Gasteiger partial charge in [0, 0.05) is 25.6 Å². The second-order valence-corrected chi connectivity index (χ2v) is 7.05. The maximum atomic E-state index is 12.4. The topological polar surface area (TPSA) is 3.24 Å². The summed E-state index contributed by atoms with van der Waals surface area (Å²) in [6.07, 6.45) is -2.15. The van der Waals surface area contributed by atoms with E-state index in [1.165, 1.54) is 0 Å². The molecule has 0 spiro atoms. The van der Waals surface area contributed by atoms with Crippen LogP contribution in [0.5, 0.6) is 0 Å². The first-order chi connectivity index (χ1) is 7.58. The van der Waals surface area contributed by atoms with Gasteiger partial charge in [-0.2, -0.15) is 0 Å². The number of likely N-dealkylation sites (tertiary alicyclic amines) is 1. The number of halogens is 2. The van der Waals surface area contributed by atoms with Gasteiger partial charge in [0.15, 0.2) is 0 Å². The summed E-state index contributed by atoms with van der Waals surface area (Å²) in [6, 6.07) is 0. The lowest BCUT2D eigenvalue weighted by molar-refractivity contribution is -0.0633. The van der Waals surface area contributed by atoms with Crippen LogP contribution < -0.4 is 0 Å². The van der Waals surface area contributed by atoms with Gasteiger partial charge in [-0.1, -0.05) is 41.5 Å². The highest BCUT2D eigenvalue weighted by Gasteiger charge is 2.43. The Kier molecular flexibility index (Phi) is 4.23. The molecule has 1 saturated heterocycles. The summed E-state index contributed by atoms with van der Waals surface area (Å²) in [7, 11) is 0. The van der Waals surface area contributed by atoms with Crippen molar-refractivity contribution in [3.8, 4) is 0 Å². The highest BCUT2D eigenvalue weighted by atomic mass is 19.3. The Balaban J connectivity index is 2.52. The molecule has 0 saturated carbocycles. The summed E-state index contributed by atoms with van der Waals surface area (Å²) in [5.41, 5.74) is 0.358. The first kappa shape index (κ1) is 14.9. The quantitative estimate of drug-likeness (QED) is 0.712. The Bertz CT molecular complexity index is 253. The Labute approximate surface area is 105 Å². The van der Waals surface area contributed by atoms with Crippen LogP contribution in [0, 0.1) is 22.7 Å². The van der Waals surface area contributed by atoms with Crippen LogP contribution in [0.4, 0.5) is 8.78 Å². The highest BCUT2D eigenvalue weighted by Crippen LogP contribution is 2.45. The number of nitrogens with zero attached hydrogens (tertiary/aromatic N) is 1. The third-order valence-corrected chi connectivity index (χ3v) is 5.15. The molecule has 0 radical (unpaired) electrons. The van der Waals surface area contributed by atoms with Crippen LogP contribution in [0.25, 0.3) is 0 Å². The Morgan fingerprint density at radius 2 is 1.59 bits per heavy atom. The first-order valence-corrected chi connectivity index (χ1v) is 6.58. The molecule has 0 bridgehead atoms. The second-order valence-electron chi connectivity index (χ2n) is 7.05. The van der Waals surface area contributed by atoms with E-state index in [9.17, 15) is 8.78 Å². The van der Waals surface area contributed by atoms with Crippen molar-refractivity contribution >= 4 is 0 Å². The van der Waals surface area contributed by atoms with Gasteiger partial charge in [0.25, 0.3) is 0 Å². The minimum absolute atomic E-state index is 0.147. The molecule has 0 N–H and O–H groups in total. The molecule has 0 amide bonds. The molecule has 0 aliphatic carbocycles. The van der Waals surface area contributed by atoms with Gasteiger partial charge >= 0.3 is 0 Å². The van der Waals surface area contributed by atoms with E-state index in [-0.39, 0.29) is 10.8 Å². The van der Waals surface area contributed by atoms with Crippen molar-refractivity contribution in [2.24, 2.45) is 22.7 Å². The molecule has 1 fully saturated rings. The minimum atomic E-state index is -2.15. The standard InChI is InChI=1S/C14H27F2N/c1-10(2)14(5,6)13(3,4)9-17-7-11(8-17)12(15)16/h10-12H,7-9H2,1-6H3. The highest BCUT2D eigenvalue weighted by molar-refractivity contribution is 4.93. The average Bonchev–Trinajstić information content (AvgIpc) is 2.09. The predicted molar refractivity (Wildman–Crippen MR) is 68.3 cm³/mol. The van der Waals surface area contributed by atoms with Gasteiger partial charge in [-0.05, 0) is 16.7 Å². The van der Waals surface area contributed by atoms with E-state index < -0.39 is 12.3 Å². The van der Waals surface area contributed by atoms with Crippen molar-refractivity contribution in [3.05, 3.63) is 0 Å². The molecule has 0 unspecified atom stereocenters. The first-order valence-electron chi connectivity index (χ1n) is 6.58. The fourth-order valence-electron chi connectivity index (χ4n) is 2.44. The molecule has 3 heteroatoms. The van der Waals surface area contributed by atoms with Gasteiger partial charge < -0.3 is 4.90 Å². The summed E-state index contributed by atoms with van der Waals surface area (Å²) < 4.78 is 24.8. The Morgan fingerprint density at radius 1 is 1.12 bits per heavy atom. The van der Waals surface area contributed by atoms with E-state index in [0.29, 0.717) is 19.0 Å². The van der Waals surface area contributed by atoms with Gasteiger partial charge in [-0.15, -0.1) is 0 Å². The van der Waals surface area contributed by atoms with E-state index in [1.807, 2.05) is 0 Å². The smallest absolute Gasteiger partial charge is 0.243 e. The van der Waals surface area contributed by atoms with Gasteiger partial charge in [0.05, 0.1) is 0 Å². The van der Waals surface area contributed by atoms with E-state index in [0.717, 1.165) is 6.54 Å². The molecule has 0 aromatic rings. The van der Waals surface area contributed by atoms with E-state index in [1.54, 1.807) is 0 Å². The third kappa shape index (κ3) is 2.98. The van der Waals surface area contributed by atoms with Crippen LogP contribution >= 0.6 is 0 Å². The zero-order valence-electron chi connectivity index (χ0n) is 12.1. The van der Waals surface area contributed by atoms with Crippen molar-refractivity contribution in [3.63, 3.8) is 0 Å². The van der Waals surface area contributed by atoms with E-state index in [2.05, 4.69) is 46.4 Å². The van der Waals surface area contributed by atoms with Crippen LogP contribution in [-0.2, 0) is 0 Å². The molecule has 17 heavy (non-hydrogen) atoms. The summed E-state index contributed by atoms with van der Waals surface area (Å²) in [5, 5.41) is 0. The molecule has 0 aromatic heterocycles. The Hall–Kier alpha value is -0.180. The van der Waals surface area contributed by atoms with Crippen LogP contribution in [0.3, 0.4) is 0 Å². The van der Waals surface area contributed by atoms with Crippen molar-refractivity contribution in [1.82, 2.24) is 4.90 Å². The van der Waals surface area contributed by atoms with Crippen molar-refractivity contribution < 1.29 is 8.78 Å². The van der Waals surface area contributed by atoms with Crippen LogP contribution in [0.15, 0.2) is 0 Å². The van der Waals surface area contributed by atoms with E-state index >= 15 is 0 Å². The maximum Gasteiger partial charge on any atom is 0.243 e. The van der Waals surface area contributed by atoms with Crippen LogP contribution in [0.1, 0.15) is 41.5 Å². The lowest BCUT2D eigenvalue weighted by Gasteiger charge is -2.50. The summed E-state index contributed by atoms with van der Waals surface area (Å²) in [4.78, 5) is 2.17. The molecule has 1 aliphatic rings. The molecule has 102 valence electrons. The second kappa shape index (κ2) is 4.83. The van der Waals surface area contributed by atoms with E-state index in [4.69, 9.17) is 0 Å². The number of alkyl halides is 2. The number of hydrogen-bond donors (Lipinski definition) is 0. The van der Waals surface area contributed by atoms with Gasteiger partial charge in [0.1, 0.15) is 0 Å². The molecule has 1 nitrogen and oxygen atoms in total. The van der Waals surface area contributed by atoms with Gasteiger partial charge in [-0.3, -0.25) is 0 Å². The number of hydrogen-bond acceptors (Lipinski definition) is 1. The molecule has 0 atom stereocenters. The lowest BCUT2D eigenvalue weighted by atomic mass is 9.61. The fourth-order valence-corrected chi connectivity index (χ4v) is 2.44. The molecule has 1 rings (SSSR count). The SMILES string of the molecule is CC(C)C(C)(C)C(C)(C)CN1CC(C(F)F)C1.